The predicted molar refractivity (Wildman–Crippen MR) is 126 cm³/mol. The number of carbonyl (C=O) groups excluding carboxylic acids is 1. The van der Waals surface area contributed by atoms with Gasteiger partial charge >= 0.3 is 0 Å². The van der Waals surface area contributed by atoms with Gasteiger partial charge in [0.15, 0.2) is 11.0 Å². The highest BCUT2D eigenvalue weighted by Crippen LogP contribution is 2.28. The lowest BCUT2D eigenvalue weighted by Gasteiger charge is -2.10. The van der Waals surface area contributed by atoms with Crippen LogP contribution in [0.5, 0.6) is 0 Å². The quantitative estimate of drug-likeness (QED) is 0.236. The Hall–Kier alpha value is -3.17. The van der Waals surface area contributed by atoms with E-state index in [0.717, 1.165) is 21.4 Å². The highest BCUT2D eigenvalue weighted by atomic mass is 79.9. The molecule has 1 amide bonds. The van der Waals surface area contributed by atoms with Crippen molar-refractivity contribution in [3.8, 4) is 17.1 Å². The second kappa shape index (κ2) is 9.76. The molecule has 31 heavy (non-hydrogen) atoms. The lowest BCUT2D eigenvalue weighted by Crippen LogP contribution is -2.20. The molecule has 0 atom stereocenters. The minimum atomic E-state index is -0.219. The van der Waals surface area contributed by atoms with Crippen molar-refractivity contribution in [3.63, 3.8) is 0 Å². The van der Waals surface area contributed by atoms with E-state index < -0.39 is 0 Å². The molecule has 2 aromatic carbocycles. The van der Waals surface area contributed by atoms with Crippen LogP contribution in [0.4, 0.5) is 0 Å². The molecule has 9 heteroatoms. The minimum absolute atomic E-state index is 0.162. The van der Waals surface area contributed by atoms with Gasteiger partial charge in [0.1, 0.15) is 0 Å². The molecule has 0 aliphatic heterocycles. The van der Waals surface area contributed by atoms with E-state index in [0.29, 0.717) is 11.0 Å². The van der Waals surface area contributed by atoms with Crippen LogP contribution in [-0.2, 0) is 11.8 Å². The molecule has 0 radical (unpaired) electrons. The van der Waals surface area contributed by atoms with Crippen molar-refractivity contribution in [2.45, 2.75) is 5.16 Å². The second-order valence-electron chi connectivity index (χ2n) is 6.61. The van der Waals surface area contributed by atoms with Crippen molar-refractivity contribution in [2.24, 2.45) is 12.1 Å². The van der Waals surface area contributed by atoms with Gasteiger partial charge in [-0.05, 0) is 36.4 Å². The Bertz CT molecular complexity index is 1200. The molecule has 4 rings (SSSR count). The molecule has 4 aromatic rings. The maximum absolute atomic E-state index is 12.3. The Morgan fingerprint density at radius 1 is 1.10 bits per heavy atom. The van der Waals surface area contributed by atoms with Gasteiger partial charge in [0, 0.05) is 29.0 Å². The average molecular weight is 495 g/mol. The van der Waals surface area contributed by atoms with Crippen molar-refractivity contribution >= 4 is 39.8 Å². The number of benzene rings is 2. The number of nitrogens with one attached hydrogen (secondary N) is 1. The molecule has 2 heterocycles. The zero-order valence-corrected chi connectivity index (χ0v) is 19.0. The lowest BCUT2D eigenvalue weighted by atomic mass is 10.2. The summed E-state index contributed by atoms with van der Waals surface area (Å²) in [4.78, 5) is 12.3. The van der Waals surface area contributed by atoms with Gasteiger partial charge in [0.25, 0.3) is 5.91 Å². The van der Waals surface area contributed by atoms with Crippen molar-refractivity contribution in [2.75, 3.05) is 5.75 Å². The molecule has 0 saturated heterocycles. The molecule has 1 N–H and O–H groups in total. The van der Waals surface area contributed by atoms with E-state index in [-0.39, 0.29) is 11.7 Å². The van der Waals surface area contributed by atoms with E-state index in [1.54, 1.807) is 6.21 Å². The summed E-state index contributed by atoms with van der Waals surface area (Å²) in [6, 6.07) is 21.6. The largest absolute Gasteiger partial charge is 0.350 e. The van der Waals surface area contributed by atoms with Crippen LogP contribution in [-0.4, -0.2) is 37.2 Å². The molecular weight excluding hydrogens is 476 g/mol. The number of halogens is 1. The Morgan fingerprint density at radius 3 is 2.58 bits per heavy atom. The molecule has 2 aromatic heterocycles. The topological polar surface area (TPSA) is 77.1 Å². The van der Waals surface area contributed by atoms with Crippen LogP contribution in [0.15, 0.2) is 87.7 Å². The Balaban J connectivity index is 1.51. The van der Waals surface area contributed by atoms with Crippen LogP contribution in [0, 0.1) is 0 Å². The van der Waals surface area contributed by atoms with E-state index in [9.17, 15) is 4.79 Å². The van der Waals surface area contributed by atoms with Gasteiger partial charge in [-0.15, -0.1) is 10.2 Å². The number of hydrazone groups is 1. The molecule has 0 spiro atoms. The smallest absolute Gasteiger partial charge is 0.250 e. The highest BCUT2D eigenvalue weighted by molar-refractivity contribution is 9.10. The maximum atomic E-state index is 12.3. The van der Waals surface area contributed by atoms with E-state index in [1.807, 2.05) is 89.1 Å². The number of amides is 1. The number of rotatable bonds is 7. The first-order chi connectivity index (χ1) is 15.1. The summed E-state index contributed by atoms with van der Waals surface area (Å²) in [5, 5.41) is 13.4. The second-order valence-corrected chi connectivity index (χ2v) is 8.47. The van der Waals surface area contributed by atoms with Gasteiger partial charge in [-0.25, -0.2) is 5.43 Å². The fourth-order valence-electron chi connectivity index (χ4n) is 2.90. The van der Waals surface area contributed by atoms with Gasteiger partial charge in [0.05, 0.1) is 17.7 Å². The molecule has 0 unspecified atom stereocenters. The average Bonchev–Trinajstić information content (AvgIpc) is 3.39. The van der Waals surface area contributed by atoms with Crippen molar-refractivity contribution in [3.05, 3.63) is 83.1 Å². The normalized spacial score (nSPS) is 11.2. The first-order valence-corrected chi connectivity index (χ1v) is 11.2. The molecule has 0 bridgehead atoms. The van der Waals surface area contributed by atoms with Gasteiger partial charge in [-0.1, -0.05) is 58.0 Å². The molecular formula is C22H19BrN6OS. The minimum Gasteiger partial charge on any atom is -0.350 e. The molecule has 0 fully saturated rings. The molecule has 0 aliphatic carbocycles. The summed E-state index contributed by atoms with van der Waals surface area (Å²) in [5.74, 6) is 0.655. The highest BCUT2D eigenvalue weighted by Gasteiger charge is 2.17. The van der Waals surface area contributed by atoms with E-state index in [2.05, 4.69) is 36.7 Å². The third kappa shape index (κ3) is 5.12. The summed E-state index contributed by atoms with van der Waals surface area (Å²) in [6.07, 6.45) is 3.53. The zero-order valence-electron chi connectivity index (χ0n) is 16.6. The van der Waals surface area contributed by atoms with Crippen molar-refractivity contribution < 1.29 is 4.79 Å². The first-order valence-electron chi connectivity index (χ1n) is 9.44. The Morgan fingerprint density at radius 2 is 1.87 bits per heavy atom. The predicted octanol–water partition coefficient (Wildman–Crippen LogP) is 4.28. The molecule has 7 nitrogen and oxygen atoms in total. The van der Waals surface area contributed by atoms with Crippen LogP contribution in [0.25, 0.3) is 17.1 Å². The van der Waals surface area contributed by atoms with Crippen molar-refractivity contribution in [1.82, 2.24) is 24.8 Å². The van der Waals surface area contributed by atoms with Gasteiger partial charge in [0.2, 0.25) is 0 Å². The van der Waals surface area contributed by atoms with Crippen LogP contribution < -0.4 is 5.43 Å². The SMILES string of the molecule is Cn1cccc1/C=N/NC(=O)CSc1nnc(-c2ccc(Br)cc2)n1-c1ccccc1. The van der Waals surface area contributed by atoms with E-state index in [1.165, 1.54) is 11.8 Å². The summed E-state index contributed by atoms with van der Waals surface area (Å²) in [5.41, 5.74) is 5.31. The standard InChI is InChI=1S/C22H19BrN6OS/c1-28-13-5-8-19(28)14-24-25-20(30)15-31-22-27-26-21(16-9-11-17(23)12-10-16)29(22)18-6-3-2-4-7-18/h2-14H,15H2,1H3,(H,25,30)/b24-14+. The maximum Gasteiger partial charge on any atom is 0.250 e. The first kappa shape index (κ1) is 21.1. The fourth-order valence-corrected chi connectivity index (χ4v) is 3.91. The summed E-state index contributed by atoms with van der Waals surface area (Å²) in [7, 11) is 1.92. The summed E-state index contributed by atoms with van der Waals surface area (Å²) in [6.45, 7) is 0. The number of nitrogens with zero attached hydrogens (tertiary/aromatic N) is 5. The van der Waals surface area contributed by atoms with E-state index >= 15 is 0 Å². The fraction of sp³-hybridized carbons (Fsp3) is 0.0909. The van der Waals surface area contributed by atoms with Crippen LogP contribution in [0.1, 0.15) is 5.69 Å². The van der Waals surface area contributed by atoms with E-state index in [4.69, 9.17) is 0 Å². The van der Waals surface area contributed by atoms with Gasteiger partial charge in [-0.3, -0.25) is 9.36 Å². The number of para-hydroxylation sites is 1. The number of thioether (sulfide) groups is 1. The number of hydrogen-bond acceptors (Lipinski definition) is 5. The summed E-state index contributed by atoms with van der Waals surface area (Å²) < 4.78 is 4.86. The number of hydrogen-bond donors (Lipinski definition) is 1. The Labute approximate surface area is 192 Å². The monoisotopic (exact) mass is 494 g/mol. The lowest BCUT2D eigenvalue weighted by molar-refractivity contribution is -0.118. The number of aromatic nitrogens is 4. The molecule has 0 saturated carbocycles. The van der Waals surface area contributed by atoms with Crippen molar-refractivity contribution in [1.29, 1.82) is 0 Å². The van der Waals surface area contributed by atoms with Gasteiger partial charge < -0.3 is 4.57 Å². The van der Waals surface area contributed by atoms with Gasteiger partial charge in [-0.2, -0.15) is 5.10 Å². The molecule has 0 aliphatic rings. The zero-order chi connectivity index (χ0) is 21.6. The third-order valence-electron chi connectivity index (χ3n) is 4.45. The van der Waals surface area contributed by atoms with Crippen LogP contribution >= 0.6 is 27.7 Å². The molecule has 156 valence electrons. The van der Waals surface area contributed by atoms with Crippen LogP contribution in [0.3, 0.4) is 0 Å². The summed E-state index contributed by atoms with van der Waals surface area (Å²) >= 11 is 4.77. The number of aryl methyl sites for hydroxylation is 1. The Kier molecular flexibility index (Phi) is 6.63. The third-order valence-corrected chi connectivity index (χ3v) is 5.91. The number of carbonyl (C=O) groups is 1. The van der Waals surface area contributed by atoms with Crippen LogP contribution in [0.2, 0.25) is 0 Å².